The van der Waals surface area contributed by atoms with Crippen molar-refractivity contribution >= 4 is 11.6 Å². The number of hydrogen-bond donors (Lipinski definition) is 0. The molecule has 2 rings (SSSR count). The summed E-state index contributed by atoms with van der Waals surface area (Å²) in [6.07, 6.45) is 0. The lowest BCUT2D eigenvalue weighted by atomic mass is 10.1. The van der Waals surface area contributed by atoms with E-state index >= 15 is 0 Å². The van der Waals surface area contributed by atoms with Gasteiger partial charge in [-0.1, -0.05) is 6.07 Å². The maximum atomic E-state index is 10.7. The molecular weight excluding hydrogens is 196 g/mol. The van der Waals surface area contributed by atoms with Gasteiger partial charge in [-0.3, -0.25) is 10.1 Å². The first kappa shape index (κ1) is 9.64. The molecule has 0 atom stereocenters. The number of hydrogen-bond acceptors (Lipinski definition) is 4. The molecule has 0 unspecified atom stereocenters. The van der Waals surface area contributed by atoms with Crippen LogP contribution in [0.3, 0.4) is 0 Å². The van der Waals surface area contributed by atoms with Gasteiger partial charge in [0.15, 0.2) is 0 Å². The summed E-state index contributed by atoms with van der Waals surface area (Å²) in [6, 6.07) is 4.99. The SMILES string of the molecule is Cc1ccc(C2=NCCO2)cc1[N+](=O)[O-]. The molecule has 0 saturated heterocycles. The normalized spacial score (nSPS) is 14.6. The second-order valence-corrected chi connectivity index (χ2v) is 3.29. The lowest BCUT2D eigenvalue weighted by Crippen LogP contribution is -2.02. The zero-order chi connectivity index (χ0) is 10.8. The maximum Gasteiger partial charge on any atom is 0.273 e. The van der Waals surface area contributed by atoms with E-state index in [1.807, 2.05) is 0 Å². The van der Waals surface area contributed by atoms with Gasteiger partial charge < -0.3 is 4.74 Å². The van der Waals surface area contributed by atoms with Crippen LogP contribution in [0.15, 0.2) is 23.2 Å². The predicted molar refractivity (Wildman–Crippen MR) is 55.2 cm³/mol. The number of aliphatic imine (C=N–C) groups is 1. The number of ether oxygens (including phenoxy) is 1. The third-order valence-electron chi connectivity index (χ3n) is 2.24. The molecule has 0 aromatic heterocycles. The molecule has 0 saturated carbocycles. The monoisotopic (exact) mass is 206 g/mol. The summed E-state index contributed by atoms with van der Waals surface area (Å²) in [4.78, 5) is 14.4. The Hall–Kier alpha value is -1.91. The van der Waals surface area contributed by atoms with Crippen molar-refractivity contribution in [1.82, 2.24) is 0 Å². The smallest absolute Gasteiger partial charge is 0.273 e. The first-order chi connectivity index (χ1) is 7.18. The molecule has 0 fully saturated rings. The number of rotatable bonds is 2. The fourth-order valence-corrected chi connectivity index (χ4v) is 1.45. The Morgan fingerprint density at radius 2 is 2.33 bits per heavy atom. The fourth-order valence-electron chi connectivity index (χ4n) is 1.45. The van der Waals surface area contributed by atoms with Crippen LogP contribution in [0, 0.1) is 17.0 Å². The first-order valence-corrected chi connectivity index (χ1v) is 4.61. The van der Waals surface area contributed by atoms with E-state index in [1.165, 1.54) is 6.07 Å². The van der Waals surface area contributed by atoms with E-state index < -0.39 is 4.92 Å². The molecule has 0 bridgehead atoms. The van der Waals surface area contributed by atoms with Crippen molar-refractivity contribution in [2.75, 3.05) is 13.2 Å². The Bertz CT molecular complexity index is 440. The number of aryl methyl sites for hydroxylation is 1. The van der Waals surface area contributed by atoms with Gasteiger partial charge in [-0.05, 0) is 13.0 Å². The van der Waals surface area contributed by atoms with Gasteiger partial charge in [0.2, 0.25) is 5.90 Å². The molecule has 0 aliphatic carbocycles. The molecule has 5 nitrogen and oxygen atoms in total. The van der Waals surface area contributed by atoms with Gasteiger partial charge in [-0.15, -0.1) is 0 Å². The second kappa shape index (κ2) is 3.68. The summed E-state index contributed by atoms with van der Waals surface area (Å²) in [7, 11) is 0. The predicted octanol–water partition coefficient (Wildman–Crippen LogP) is 1.68. The molecule has 0 radical (unpaired) electrons. The van der Waals surface area contributed by atoms with Crippen LogP contribution >= 0.6 is 0 Å². The highest BCUT2D eigenvalue weighted by Gasteiger charge is 2.16. The van der Waals surface area contributed by atoms with E-state index in [9.17, 15) is 10.1 Å². The van der Waals surface area contributed by atoms with Crippen molar-refractivity contribution in [3.63, 3.8) is 0 Å². The second-order valence-electron chi connectivity index (χ2n) is 3.29. The van der Waals surface area contributed by atoms with Crippen molar-refractivity contribution < 1.29 is 9.66 Å². The standard InChI is InChI=1S/C10H10N2O3/c1-7-2-3-8(6-9(7)12(13)14)10-11-4-5-15-10/h2-3,6H,4-5H2,1H3. The molecule has 78 valence electrons. The molecule has 1 aromatic carbocycles. The summed E-state index contributed by atoms with van der Waals surface area (Å²) >= 11 is 0. The Kier molecular flexibility index (Phi) is 2.37. The Balaban J connectivity index is 2.42. The number of nitro benzene ring substituents is 1. The summed E-state index contributed by atoms with van der Waals surface area (Å²) < 4.78 is 5.24. The van der Waals surface area contributed by atoms with E-state index in [4.69, 9.17) is 4.74 Å². The molecule has 5 heteroatoms. The number of nitrogens with zero attached hydrogens (tertiary/aromatic N) is 2. The van der Waals surface area contributed by atoms with Gasteiger partial charge in [0.05, 0.1) is 11.5 Å². The van der Waals surface area contributed by atoms with Crippen LogP contribution in [-0.2, 0) is 4.74 Å². The van der Waals surface area contributed by atoms with Crippen molar-refractivity contribution in [2.45, 2.75) is 6.92 Å². The highest BCUT2D eigenvalue weighted by atomic mass is 16.6. The third-order valence-corrected chi connectivity index (χ3v) is 2.24. The molecule has 1 aliphatic rings. The summed E-state index contributed by atoms with van der Waals surface area (Å²) in [6.45, 7) is 2.88. The van der Waals surface area contributed by atoms with E-state index in [-0.39, 0.29) is 5.69 Å². The highest BCUT2D eigenvalue weighted by molar-refractivity contribution is 5.95. The van der Waals surface area contributed by atoms with Crippen molar-refractivity contribution in [3.05, 3.63) is 39.4 Å². The van der Waals surface area contributed by atoms with Crippen LogP contribution in [-0.4, -0.2) is 24.0 Å². The van der Waals surface area contributed by atoms with Crippen LogP contribution < -0.4 is 0 Å². The highest BCUT2D eigenvalue weighted by Crippen LogP contribution is 2.20. The quantitative estimate of drug-likeness (QED) is 0.546. The van der Waals surface area contributed by atoms with E-state index in [0.717, 1.165) is 0 Å². The molecule has 15 heavy (non-hydrogen) atoms. The molecule has 0 amide bonds. The summed E-state index contributed by atoms with van der Waals surface area (Å²) in [5, 5.41) is 10.7. The van der Waals surface area contributed by atoms with Crippen LogP contribution in [0.1, 0.15) is 11.1 Å². The maximum absolute atomic E-state index is 10.7. The van der Waals surface area contributed by atoms with Gasteiger partial charge in [0.1, 0.15) is 6.61 Å². The molecule has 1 aromatic rings. The minimum absolute atomic E-state index is 0.103. The average Bonchev–Trinajstić information content (AvgIpc) is 2.71. The molecule has 1 heterocycles. The van der Waals surface area contributed by atoms with Crippen molar-refractivity contribution in [3.8, 4) is 0 Å². The lowest BCUT2D eigenvalue weighted by molar-refractivity contribution is -0.385. The molecule has 0 N–H and O–H groups in total. The molecule has 1 aliphatic heterocycles. The zero-order valence-corrected chi connectivity index (χ0v) is 8.27. The van der Waals surface area contributed by atoms with Crippen molar-refractivity contribution in [2.24, 2.45) is 4.99 Å². The van der Waals surface area contributed by atoms with Crippen molar-refractivity contribution in [1.29, 1.82) is 0 Å². The van der Waals surface area contributed by atoms with E-state index in [2.05, 4.69) is 4.99 Å². The Morgan fingerprint density at radius 3 is 2.93 bits per heavy atom. The summed E-state index contributed by atoms with van der Waals surface area (Å²) in [5.74, 6) is 0.498. The van der Waals surface area contributed by atoms with Crippen LogP contribution in [0.5, 0.6) is 0 Å². The van der Waals surface area contributed by atoms with Gasteiger partial charge in [-0.25, -0.2) is 4.99 Å². The van der Waals surface area contributed by atoms with Crippen LogP contribution in [0.2, 0.25) is 0 Å². The van der Waals surface area contributed by atoms with E-state index in [1.54, 1.807) is 19.1 Å². The topological polar surface area (TPSA) is 64.7 Å². The fraction of sp³-hybridized carbons (Fsp3) is 0.300. The first-order valence-electron chi connectivity index (χ1n) is 4.61. The summed E-state index contributed by atoms with van der Waals surface area (Å²) in [5.41, 5.74) is 1.41. The zero-order valence-electron chi connectivity index (χ0n) is 8.27. The van der Waals surface area contributed by atoms with E-state index in [0.29, 0.717) is 30.2 Å². The van der Waals surface area contributed by atoms with Crippen LogP contribution in [0.4, 0.5) is 5.69 Å². The van der Waals surface area contributed by atoms with Gasteiger partial charge in [0.25, 0.3) is 5.69 Å². The third kappa shape index (κ3) is 1.81. The van der Waals surface area contributed by atoms with Crippen LogP contribution in [0.25, 0.3) is 0 Å². The minimum atomic E-state index is -0.394. The largest absolute Gasteiger partial charge is 0.476 e. The Morgan fingerprint density at radius 1 is 1.53 bits per heavy atom. The lowest BCUT2D eigenvalue weighted by Gasteiger charge is -2.02. The van der Waals surface area contributed by atoms with Gasteiger partial charge in [0, 0.05) is 17.2 Å². The molecular formula is C10H10N2O3. The average molecular weight is 206 g/mol. The number of nitro groups is 1. The Labute approximate surface area is 86.5 Å². The van der Waals surface area contributed by atoms with Gasteiger partial charge >= 0.3 is 0 Å². The minimum Gasteiger partial charge on any atom is -0.476 e. The molecule has 0 spiro atoms. The van der Waals surface area contributed by atoms with Gasteiger partial charge in [-0.2, -0.15) is 0 Å². The number of benzene rings is 1.